The number of primary amides is 1. The van der Waals surface area contributed by atoms with Crippen LogP contribution in [-0.2, 0) is 17.6 Å². The molecule has 2 amide bonds. The number of fused-ring (bicyclic) bond motifs is 1. The Balaban J connectivity index is 1.71. The molecule has 5 N–H and O–H groups in total. The molecule has 0 aliphatic heterocycles. The minimum Gasteiger partial charge on any atom is -0.365 e. The molecular formula is C14H16N6O3S2. The zero-order chi connectivity index (χ0) is 18.1. The van der Waals surface area contributed by atoms with Crippen LogP contribution in [0.2, 0.25) is 0 Å². The third kappa shape index (κ3) is 3.37. The molecule has 0 fully saturated rings. The highest BCUT2D eigenvalue weighted by Crippen LogP contribution is 2.38. The number of nitrogen functional groups attached to an aromatic ring is 1. The Hall–Kier alpha value is -2.40. The summed E-state index contributed by atoms with van der Waals surface area (Å²) in [5.41, 5.74) is 6.52. The average Bonchev–Trinajstić information content (AvgIpc) is 3.12. The fourth-order valence-electron chi connectivity index (χ4n) is 2.61. The summed E-state index contributed by atoms with van der Waals surface area (Å²) in [4.78, 5) is 36.7. The van der Waals surface area contributed by atoms with E-state index in [2.05, 4.69) is 15.5 Å². The van der Waals surface area contributed by atoms with E-state index in [-0.39, 0.29) is 22.5 Å². The van der Waals surface area contributed by atoms with Crippen LogP contribution >= 0.6 is 23.1 Å². The Kier molecular flexibility index (Phi) is 4.77. The number of aromatic nitrogens is 3. The lowest BCUT2D eigenvalue weighted by Gasteiger charge is -2.07. The van der Waals surface area contributed by atoms with Crippen LogP contribution in [0.15, 0.2) is 9.95 Å². The number of aryl methyl sites for hydroxylation is 2. The van der Waals surface area contributed by atoms with Gasteiger partial charge in [0.1, 0.15) is 10.7 Å². The molecule has 0 saturated carbocycles. The molecule has 2 heterocycles. The maximum atomic E-state index is 12.2. The summed E-state index contributed by atoms with van der Waals surface area (Å²) in [7, 11) is 0. The van der Waals surface area contributed by atoms with E-state index in [0.717, 1.165) is 46.1 Å². The molecule has 0 bridgehead atoms. The third-order valence-electron chi connectivity index (χ3n) is 3.77. The first-order valence-corrected chi connectivity index (χ1v) is 9.27. The van der Waals surface area contributed by atoms with Crippen molar-refractivity contribution in [1.29, 1.82) is 0 Å². The highest BCUT2D eigenvalue weighted by atomic mass is 32.2. The molecule has 2 aromatic rings. The van der Waals surface area contributed by atoms with Crippen molar-refractivity contribution in [3.8, 4) is 0 Å². The van der Waals surface area contributed by atoms with Gasteiger partial charge in [-0.05, 0) is 31.7 Å². The van der Waals surface area contributed by atoms with Gasteiger partial charge < -0.3 is 16.9 Å². The summed E-state index contributed by atoms with van der Waals surface area (Å²) in [5.74, 6) is 4.71. The number of nitrogens with two attached hydrogens (primary N) is 2. The van der Waals surface area contributed by atoms with Gasteiger partial charge in [0.05, 0.1) is 11.3 Å². The molecule has 2 aromatic heterocycles. The lowest BCUT2D eigenvalue weighted by atomic mass is 10.1. The number of carbonyl (C=O) groups excluding carboxylic acids is 2. The van der Waals surface area contributed by atoms with Gasteiger partial charge in [-0.1, -0.05) is 11.8 Å². The lowest BCUT2D eigenvalue weighted by Crippen LogP contribution is -2.32. The SMILES string of the molecule is Cc1nnc(SCC(=O)Nc2sc3c(c2C(N)=O)CCC3)n(N)c1=O. The number of thiophene rings is 1. The smallest absolute Gasteiger partial charge is 0.294 e. The van der Waals surface area contributed by atoms with E-state index in [0.29, 0.717) is 10.6 Å². The van der Waals surface area contributed by atoms with Gasteiger partial charge in [0.15, 0.2) is 0 Å². The largest absolute Gasteiger partial charge is 0.365 e. The molecule has 132 valence electrons. The minimum atomic E-state index is -0.539. The van der Waals surface area contributed by atoms with Crippen LogP contribution in [0.3, 0.4) is 0 Å². The van der Waals surface area contributed by atoms with Gasteiger partial charge in [0, 0.05) is 4.88 Å². The molecule has 9 nitrogen and oxygen atoms in total. The van der Waals surface area contributed by atoms with Crippen molar-refractivity contribution in [2.45, 2.75) is 31.3 Å². The van der Waals surface area contributed by atoms with E-state index in [1.54, 1.807) is 0 Å². The highest BCUT2D eigenvalue weighted by Gasteiger charge is 2.26. The van der Waals surface area contributed by atoms with Gasteiger partial charge in [-0.15, -0.1) is 21.5 Å². The van der Waals surface area contributed by atoms with E-state index in [1.807, 2.05) is 0 Å². The van der Waals surface area contributed by atoms with Crippen molar-refractivity contribution < 1.29 is 9.59 Å². The number of hydrogen-bond acceptors (Lipinski definition) is 8. The Morgan fingerprint density at radius 3 is 2.84 bits per heavy atom. The zero-order valence-corrected chi connectivity index (χ0v) is 15.0. The van der Waals surface area contributed by atoms with E-state index in [9.17, 15) is 14.4 Å². The molecule has 0 spiro atoms. The first kappa shape index (κ1) is 17.4. The van der Waals surface area contributed by atoms with Gasteiger partial charge in [-0.3, -0.25) is 14.4 Å². The third-order valence-corrected chi connectivity index (χ3v) is 5.92. The summed E-state index contributed by atoms with van der Waals surface area (Å²) in [6.07, 6.45) is 2.68. The minimum absolute atomic E-state index is 0.0326. The molecule has 25 heavy (non-hydrogen) atoms. The highest BCUT2D eigenvalue weighted by molar-refractivity contribution is 7.99. The van der Waals surface area contributed by atoms with Crippen molar-refractivity contribution in [2.24, 2.45) is 5.73 Å². The normalized spacial score (nSPS) is 12.8. The monoisotopic (exact) mass is 380 g/mol. The molecule has 0 radical (unpaired) electrons. The van der Waals surface area contributed by atoms with Gasteiger partial charge in [0.2, 0.25) is 11.1 Å². The number of carbonyl (C=O) groups is 2. The van der Waals surface area contributed by atoms with Crippen LogP contribution in [0.4, 0.5) is 5.00 Å². The molecule has 1 aliphatic rings. The van der Waals surface area contributed by atoms with Crippen LogP contribution in [-0.4, -0.2) is 32.4 Å². The molecule has 0 unspecified atom stereocenters. The quantitative estimate of drug-likeness (QED) is 0.490. The number of rotatable bonds is 5. The number of amides is 2. The van der Waals surface area contributed by atoms with Gasteiger partial charge in [0.25, 0.3) is 11.5 Å². The molecule has 1 aliphatic carbocycles. The molecule has 3 rings (SSSR count). The number of thioether (sulfide) groups is 1. The number of nitrogens with one attached hydrogen (secondary N) is 1. The van der Waals surface area contributed by atoms with Crippen molar-refractivity contribution in [2.75, 3.05) is 16.9 Å². The summed E-state index contributed by atoms with van der Waals surface area (Å²) in [6, 6.07) is 0. The first-order chi connectivity index (χ1) is 11.9. The van der Waals surface area contributed by atoms with Crippen LogP contribution in [0.5, 0.6) is 0 Å². The van der Waals surface area contributed by atoms with Crippen molar-refractivity contribution in [3.05, 3.63) is 32.1 Å². The average molecular weight is 380 g/mol. The Labute approximate surface area is 150 Å². The molecule has 11 heteroatoms. The summed E-state index contributed by atoms with van der Waals surface area (Å²) in [5, 5.41) is 10.8. The second-order valence-corrected chi connectivity index (χ2v) is 7.55. The Morgan fingerprint density at radius 1 is 1.36 bits per heavy atom. The predicted molar refractivity (Wildman–Crippen MR) is 95.4 cm³/mol. The number of anilines is 1. The van der Waals surface area contributed by atoms with Crippen LogP contribution in [0.25, 0.3) is 0 Å². The first-order valence-electron chi connectivity index (χ1n) is 7.47. The Bertz CT molecular complexity index is 920. The van der Waals surface area contributed by atoms with Crippen LogP contribution in [0, 0.1) is 6.92 Å². The van der Waals surface area contributed by atoms with Crippen LogP contribution < -0.4 is 22.5 Å². The van der Waals surface area contributed by atoms with E-state index >= 15 is 0 Å². The number of nitrogens with zero attached hydrogens (tertiary/aromatic N) is 3. The van der Waals surface area contributed by atoms with Crippen molar-refractivity contribution >= 4 is 39.9 Å². The number of hydrogen-bond donors (Lipinski definition) is 3. The fourth-order valence-corrected chi connectivity index (χ4v) is 4.58. The molecule has 0 atom stereocenters. The van der Waals surface area contributed by atoms with Crippen LogP contribution in [0.1, 0.15) is 32.9 Å². The summed E-state index contributed by atoms with van der Waals surface area (Å²) in [6.45, 7) is 1.50. The standard InChI is InChI=1S/C14H16N6O3S2/c1-6-13(23)20(16)14(19-18-6)24-5-9(21)17-12-10(11(15)22)7-3-2-4-8(7)25-12/h2-5,16H2,1H3,(H2,15,22)(H,17,21). The van der Waals surface area contributed by atoms with Gasteiger partial charge in [-0.25, -0.2) is 0 Å². The second kappa shape index (κ2) is 6.84. The molecular weight excluding hydrogens is 364 g/mol. The van der Waals surface area contributed by atoms with E-state index in [1.165, 1.54) is 18.3 Å². The summed E-state index contributed by atoms with van der Waals surface area (Å²) < 4.78 is 0.856. The van der Waals surface area contributed by atoms with Gasteiger partial charge in [-0.2, -0.15) is 4.68 Å². The predicted octanol–water partition coefficient (Wildman–Crippen LogP) is 0.0404. The van der Waals surface area contributed by atoms with Gasteiger partial charge >= 0.3 is 0 Å². The molecule has 0 aromatic carbocycles. The zero-order valence-electron chi connectivity index (χ0n) is 13.4. The Morgan fingerprint density at radius 2 is 2.12 bits per heavy atom. The lowest BCUT2D eigenvalue weighted by molar-refractivity contribution is -0.113. The molecule has 0 saturated heterocycles. The maximum absolute atomic E-state index is 12.2. The topological polar surface area (TPSA) is 146 Å². The summed E-state index contributed by atoms with van der Waals surface area (Å²) >= 11 is 2.37. The van der Waals surface area contributed by atoms with E-state index in [4.69, 9.17) is 11.6 Å². The van der Waals surface area contributed by atoms with Crippen molar-refractivity contribution in [3.63, 3.8) is 0 Å². The van der Waals surface area contributed by atoms with E-state index < -0.39 is 11.5 Å². The maximum Gasteiger partial charge on any atom is 0.294 e. The second-order valence-electron chi connectivity index (χ2n) is 5.51. The van der Waals surface area contributed by atoms with Crippen molar-refractivity contribution in [1.82, 2.24) is 14.9 Å². The fraction of sp³-hybridized carbons (Fsp3) is 0.357.